The van der Waals surface area contributed by atoms with E-state index in [9.17, 15) is 4.79 Å². The van der Waals surface area contributed by atoms with Gasteiger partial charge in [-0.05, 0) is 50.3 Å². The van der Waals surface area contributed by atoms with E-state index in [1.807, 2.05) is 14.8 Å². The summed E-state index contributed by atoms with van der Waals surface area (Å²) in [6, 6.07) is 4.54. The molecule has 1 amide bonds. The van der Waals surface area contributed by atoms with E-state index in [-0.39, 0.29) is 18.0 Å². The number of hydrogen-bond donors (Lipinski definition) is 1. The number of nitrogens with zero attached hydrogens (tertiary/aromatic N) is 4. The minimum atomic E-state index is -0.0441. The van der Waals surface area contributed by atoms with Gasteiger partial charge in [0.25, 0.3) is 5.91 Å². The normalized spacial score (nSPS) is 22.8. The number of amides is 1. The maximum atomic E-state index is 13.6. The smallest absolute Gasteiger partial charge is 0.268 e. The van der Waals surface area contributed by atoms with E-state index in [4.69, 9.17) is 20.3 Å². The second kappa shape index (κ2) is 8.22. The number of thiophene rings is 1. The van der Waals surface area contributed by atoms with Gasteiger partial charge < -0.3 is 25.0 Å². The quantitative estimate of drug-likeness (QED) is 0.636. The zero-order valence-corrected chi connectivity index (χ0v) is 19.6. The lowest BCUT2D eigenvalue weighted by atomic mass is 9.99. The monoisotopic (exact) mass is 467 g/mol. The molecule has 8 nitrogen and oxygen atoms in total. The fourth-order valence-corrected chi connectivity index (χ4v) is 6.16. The number of rotatable bonds is 3. The molecule has 0 spiro atoms. The maximum Gasteiger partial charge on any atom is 0.268 e. The number of nitrogens with two attached hydrogens (primary N) is 1. The summed E-state index contributed by atoms with van der Waals surface area (Å²) in [6.45, 7) is 5.72. The van der Waals surface area contributed by atoms with Gasteiger partial charge in [0.05, 0.1) is 17.3 Å². The van der Waals surface area contributed by atoms with Crippen LogP contribution >= 0.6 is 11.3 Å². The van der Waals surface area contributed by atoms with Crippen LogP contribution in [0.15, 0.2) is 23.7 Å². The molecule has 3 aliphatic rings. The van der Waals surface area contributed by atoms with Crippen LogP contribution in [0.25, 0.3) is 5.52 Å². The van der Waals surface area contributed by atoms with Gasteiger partial charge >= 0.3 is 0 Å². The third kappa shape index (κ3) is 3.63. The first-order chi connectivity index (χ1) is 16.1. The highest BCUT2D eigenvalue weighted by Crippen LogP contribution is 2.42. The van der Waals surface area contributed by atoms with E-state index in [2.05, 4.69) is 30.2 Å². The molecule has 0 bridgehead atoms. The number of aromatic nitrogens is 2. The summed E-state index contributed by atoms with van der Waals surface area (Å²) >= 11 is 1.40. The van der Waals surface area contributed by atoms with E-state index < -0.39 is 0 Å². The van der Waals surface area contributed by atoms with Crippen molar-refractivity contribution in [1.82, 2.24) is 14.5 Å². The minimum Gasteiger partial charge on any atom is -0.485 e. The van der Waals surface area contributed by atoms with Crippen molar-refractivity contribution in [2.75, 3.05) is 37.7 Å². The number of pyridine rings is 1. The number of carbonyl (C=O) groups is 1. The van der Waals surface area contributed by atoms with Crippen LogP contribution in [0.2, 0.25) is 0 Å². The van der Waals surface area contributed by atoms with Gasteiger partial charge in [0.1, 0.15) is 18.1 Å². The van der Waals surface area contributed by atoms with E-state index >= 15 is 0 Å². The molecule has 2 saturated heterocycles. The summed E-state index contributed by atoms with van der Waals surface area (Å²) in [5.74, 6) is 1.29. The topological polar surface area (TPSA) is 85.3 Å². The summed E-state index contributed by atoms with van der Waals surface area (Å²) in [5.41, 5.74) is 10.5. The number of anilines is 1. The third-order valence-corrected chi connectivity index (χ3v) is 7.88. The predicted octanol–water partition coefficient (Wildman–Crippen LogP) is 3.38. The Kier molecular flexibility index (Phi) is 5.18. The van der Waals surface area contributed by atoms with Gasteiger partial charge in [-0.3, -0.25) is 4.79 Å². The van der Waals surface area contributed by atoms with Crippen molar-refractivity contribution in [3.63, 3.8) is 0 Å². The van der Waals surface area contributed by atoms with Crippen molar-refractivity contribution >= 4 is 28.4 Å². The van der Waals surface area contributed by atoms with E-state index in [0.29, 0.717) is 29.6 Å². The molecule has 0 unspecified atom stereocenters. The lowest BCUT2D eigenvalue weighted by molar-refractivity contribution is 0.0603. The Bertz CT molecular complexity index is 1200. The SMILES string of the molecule is Cc1cn2nc([C@@H]3CCCCN3C(=O)c3scc4c3OCCO4)cc2cc1N1CC[C@H](N)C1. The average Bonchev–Trinajstić information content (AvgIpc) is 3.55. The number of hydrogen-bond acceptors (Lipinski definition) is 7. The molecule has 3 aromatic heterocycles. The van der Waals surface area contributed by atoms with Gasteiger partial charge in [0, 0.05) is 42.9 Å². The molecular weight excluding hydrogens is 438 g/mol. The Morgan fingerprint density at radius 1 is 1.18 bits per heavy atom. The van der Waals surface area contributed by atoms with Gasteiger partial charge in [-0.15, -0.1) is 11.3 Å². The number of aryl methyl sites for hydroxylation is 1. The van der Waals surface area contributed by atoms with Crippen LogP contribution in [0.3, 0.4) is 0 Å². The number of ether oxygens (including phenoxy) is 2. The molecular formula is C24H29N5O3S. The molecule has 0 radical (unpaired) electrons. The summed E-state index contributed by atoms with van der Waals surface area (Å²) in [7, 11) is 0. The molecule has 174 valence electrons. The molecule has 2 fully saturated rings. The molecule has 6 rings (SSSR count). The van der Waals surface area contributed by atoms with E-state index in [0.717, 1.165) is 56.5 Å². The maximum absolute atomic E-state index is 13.6. The second-order valence-corrected chi connectivity index (χ2v) is 10.1. The van der Waals surface area contributed by atoms with Crippen LogP contribution in [0.5, 0.6) is 11.5 Å². The van der Waals surface area contributed by atoms with Crippen molar-refractivity contribution in [2.45, 2.75) is 44.7 Å². The van der Waals surface area contributed by atoms with Crippen LogP contribution in [0.1, 0.15) is 52.7 Å². The van der Waals surface area contributed by atoms with Crippen LogP contribution < -0.4 is 20.1 Å². The first-order valence-corrected chi connectivity index (χ1v) is 12.6. The molecule has 2 atom stereocenters. The van der Waals surface area contributed by atoms with Gasteiger partial charge in [-0.1, -0.05) is 0 Å². The van der Waals surface area contributed by atoms with Crippen molar-refractivity contribution in [3.8, 4) is 11.5 Å². The fraction of sp³-hybridized carbons (Fsp3) is 0.500. The van der Waals surface area contributed by atoms with Crippen molar-refractivity contribution in [2.24, 2.45) is 5.73 Å². The first kappa shape index (κ1) is 20.8. The van der Waals surface area contributed by atoms with Crippen molar-refractivity contribution < 1.29 is 14.3 Å². The largest absolute Gasteiger partial charge is 0.485 e. The lowest BCUT2D eigenvalue weighted by Gasteiger charge is -2.34. The Morgan fingerprint density at radius 3 is 2.91 bits per heavy atom. The van der Waals surface area contributed by atoms with Crippen LogP contribution in [0.4, 0.5) is 5.69 Å². The Balaban J connectivity index is 1.32. The Morgan fingerprint density at radius 2 is 2.06 bits per heavy atom. The van der Waals surface area contributed by atoms with Crippen LogP contribution in [-0.2, 0) is 0 Å². The number of piperidine rings is 1. The fourth-order valence-electron chi connectivity index (χ4n) is 5.28. The molecule has 3 aromatic rings. The van der Waals surface area contributed by atoms with Gasteiger partial charge in [-0.2, -0.15) is 5.10 Å². The van der Waals surface area contributed by atoms with Gasteiger partial charge in [0.15, 0.2) is 11.5 Å². The highest BCUT2D eigenvalue weighted by Gasteiger charge is 2.34. The Labute approximate surface area is 196 Å². The molecule has 0 aliphatic carbocycles. The van der Waals surface area contributed by atoms with Crippen LogP contribution in [-0.4, -0.2) is 59.3 Å². The van der Waals surface area contributed by atoms with Crippen molar-refractivity contribution in [3.05, 3.63) is 39.8 Å². The molecule has 6 heterocycles. The summed E-state index contributed by atoms with van der Waals surface area (Å²) in [4.78, 5) is 18.6. The highest BCUT2D eigenvalue weighted by molar-refractivity contribution is 7.12. The average molecular weight is 468 g/mol. The number of likely N-dealkylation sites (tertiary alicyclic amines) is 1. The van der Waals surface area contributed by atoms with Gasteiger partial charge in [0.2, 0.25) is 0 Å². The van der Waals surface area contributed by atoms with E-state index in [1.54, 1.807) is 0 Å². The Hall–Kier alpha value is -2.78. The zero-order chi connectivity index (χ0) is 22.5. The molecule has 0 saturated carbocycles. The summed E-state index contributed by atoms with van der Waals surface area (Å²) in [5, 5.41) is 6.78. The molecule has 2 N–H and O–H groups in total. The van der Waals surface area contributed by atoms with Crippen LogP contribution in [0, 0.1) is 6.92 Å². The molecule has 9 heteroatoms. The minimum absolute atomic E-state index is 0.0106. The summed E-state index contributed by atoms with van der Waals surface area (Å²) in [6.07, 6.45) is 6.11. The number of carbonyl (C=O) groups excluding carboxylic acids is 1. The predicted molar refractivity (Wildman–Crippen MR) is 128 cm³/mol. The second-order valence-electron chi connectivity index (χ2n) is 9.24. The first-order valence-electron chi connectivity index (χ1n) is 11.8. The highest BCUT2D eigenvalue weighted by atomic mass is 32.1. The molecule has 3 aliphatic heterocycles. The van der Waals surface area contributed by atoms with Gasteiger partial charge in [-0.25, -0.2) is 4.52 Å². The summed E-state index contributed by atoms with van der Waals surface area (Å²) < 4.78 is 13.4. The van der Waals surface area contributed by atoms with Crippen molar-refractivity contribution in [1.29, 1.82) is 0 Å². The molecule has 33 heavy (non-hydrogen) atoms. The number of fused-ring (bicyclic) bond motifs is 2. The standard InChI is InChI=1S/C24H29N5O3S/c1-15-12-29-17(11-20(15)27-7-5-16(25)13-27)10-18(26-29)19-4-2-3-6-28(19)24(30)23-22-21(14-33-23)31-8-9-32-22/h10-12,14,16,19H,2-9,13,25H2,1H3/t16-,19-/m0/s1. The zero-order valence-electron chi connectivity index (χ0n) is 18.8. The molecule has 0 aromatic carbocycles. The third-order valence-electron chi connectivity index (χ3n) is 6.95. The lowest BCUT2D eigenvalue weighted by Crippen LogP contribution is -2.38. The van der Waals surface area contributed by atoms with E-state index in [1.165, 1.54) is 22.6 Å².